The minimum Gasteiger partial charge on any atom is -0.465 e. The predicted molar refractivity (Wildman–Crippen MR) is 77.0 cm³/mol. The summed E-state index contributed by atoms with van der Waals surface area (Å²) >= 11 is 3.32. The average molecular weight is 341 g/mol. The first-order chi connectivity index (χ1) is 9.60. The third-order valence-electron chi connectivity index (χ3n) is 2.39. The molecule has 2 N–H and O–H groups in total. The second-order valence-electron chi connectivity index (χ2n) is 3.83. The Morgan fingerprint density at radius 3 is 2.80 bits per heavy atom. The molecular formula is C12H13BrN4O3. The summed E-state index contributed by atoms with van der Waals surface area (Å²) in [5, 5.41) is 6.76. The van der Waals surface area contributed by atoms with E-state index in [0.29, 0.717) is 12.3 Å². The molecule has 0 bridgehead atoms. The van der Waals surface area contributed by atoms with Crippen molar-refractivity contribution < 1.29 is 9.53 Å². The first-order valence-corrected chi connectivity index (χ1v) is 6.74. The number of hydrogen-bond donors (Lipinski definition) is 2. The Hall–Kier alpha value is -2.09. The van der Waals surface area contributed by atoms with E-state index in [4.69, 9.17) is 4.74 Å². The quantitative estimate of drug-likeness (QED) is 0.801. The van der Waals surface area contributed by atoms with Crippen LogP contribution in [-0.4, -0.2) is 33.9 Å². The van der Waals surface area contributed by atoms with E-state index >= 15 is 0 Å². The minimum atomic E-state index is -0.411. The first kappa shape index (κ1) is 14.3. The maximum absolute atomic E-state index is 11.8. The number of aromatic amines is 1. The largest absolute Gasteiger partial charge is 0.465 e. The number of nitrogens with zero attached hydrogens (tertiary/aromatic N) is 2. The number of aromatic nitrogens is 3. The Labute approximate surface area is 123 Å². The topological polar surface area (TPSA) is 89.0 Å². The monoisotopic (exact) mass is 340 g/mol. The lowest BCUT2D eigenvalue weighted by Gasteiger charge is -2.02. The van der Waals surface area contributed by atoms with Crippen molar-refractivity contribution in [1.82, 2.24) is 14.8 Å². The molecule has 0 atom stereocenters. The van der Waals surface area contributed by atoms with Crippen molar-refractivity contribution in [3.8, 4) is 5.69 Å². The van der Waals surface area contributed by atoms with Gasteiger partial charge in [-0.2, -0.15) is 4.68 Å². The van der Waals surface area contributed by atoms with Gasteiger partial charge in [0.2, 0.25) is 5.95 Å². The van der Waals surface area contributed by atoms with Gasteiger partial charge in [-0.3, -0.25) is 9.78 Å². The Kier molecular flexibility index (Phi) is 4.57. The molecule has 0 fully saturated rings. The van der Waals surface area contributed by atoms with Crippen LogP contribution in [0.2, 0.25) is 0 Å². The van der Waals surface area contributed by atoms with Crippen molar-refractivity contribution >= 4 is 27.8 Å². The van der Waals surface area contributed by atoms with Crippen molar-refractivity contribution in [3.63, 3.8) is 0 Å². The summed E-state index contributed by atoms with van der Waals surface area (Å²) in [6, 6.07) is 7.12. The lowest BCUT2D eigenvalue weighted by molar-refractivity contribution is -0.140. The van der Waals surface area contributed by atoms with Crippen LogP contribution in [0.15, 0.2) is 33.5 Å². The highest BCUT2D eigenvalue weighted by molar-refractivity contribution is 9.10. The molecule has 0 saturated heterocycles. The number of ether oxygens (including phenoxy) is 1. The van der Waals surface area contributed by atoms with Gasteiger partial charge >= 0.3 is 11.7 Å². The van der Waals surface area contributed by atoms with Crippen molar-refractivity contribution in [2.24, 2.45) is 0 Å². The van der Waals surface area contributed by atoms with Crippen LogP contribution in [0.5, 0.6) is 0 Å². The van der Waals surface area contributed by atoms with E-state index in [1.807, 2.05) is 12.1 Å². The minimum absolute atomic E-state index is 0.0544. The Morgan fingerprint density at radius 2 is 2.15 bits per heavy atom. The summed E-state index contributed by atoms with van der Waals surface area (Å²) in [5.41, 5.74) is 0.234. The average Bonchev–Trinajstić information content (AvgIpc) is 2.79. The van der Waals surface area contributed by atoms with E-state index in [1.165, 1.54) is 4.68 Å². The highest BCUT2D eigenvalue weighted by Crippen LogP contribution is 2.12. The fourth-order valence-corrected chi connectivity index (χ4v) is 1.79. The SMILES string of the molecule is CCOC(=O)CNc1nn(-c2ccc(Br)cc2)c(=O)[nH]1. The van der Waals surface area contributed by atoms with E-state index < -0.39 is 11.7 Å². The number of halogens is 1. The molecule has 0 saturated carbocycles. The van der Waals surface area contributed by atoms with Gasteiger partial charge in [0.1, 0.15) is 6.54 Å². The number of hydrogen-bond acceptors (Lipinski definition) is 5. The normalized spacial score (nSPS) is 10.3. The summed E-state index contributed by atoms with van der Waals surface area (Å²) in [4.78, 5) is 25.5. The molecule has 0 spiro atoms. The van der Waals surface area contributed by atoms with Gasteiger partial charge in [-0.1, -0.05) is 15.9 Å². The Bertz CT molecular complexity index is 647. The molecule has 0 aliphatic heterocycles. The molecule has 20 heavy (non-hydrogen) atoms. The van der Waals surface area contributed by atoms with Gasteiger partial charge in [0.05, 0.1) is 12.3 Å². The summed E-state index contributed by atoms with van der Waals surface area (Å²) < 4.78 is 6.88. The first-order valence-electron chi connectivity index (χ1n) is 5.95. The molecule has 106 valence electrons. The van der Waals surface area contributed by atoms with Crippen LogP contribution in [0.4, 0.5) is 5.95 Å². The van der Waals surface area contributed by atoms with Crippen LogP contribution in [0, 0.1) is 0 Å². The van der Waals surface area contributed by atoms with Crippen LogP contribution in [0.25, 0.3) is 5.69 Å². The summed E-state index contributed by atoms with van der Waals surface area (Å²) in [6.45, 7) is 1.98. The third-order valence-corrected chi connectivity index (χ3v) is 2.92. The molecule has 7 nitrogen and oxygen atoms in total. The van der Waals surface area contributed by atoms with Crippen molar-refractivity contribution in [1.29, 1.82) is 0 Å². The number of carbonyl (C=O) groups is 1. The molecule has 8 heteroatoms. The number of anilines is 1. The summed E-state index contributed by atoms with van der Waals surface area (Å²) in [6.07, 6.45) is 0. The van der Waals surface area contributed by atoms with Crippen LogP contribution in [0.1, 0.15) is 6.92 Å². The molecule has 0 amide bonds. The van der Waals surface area contributed by atoms with Crippen molar-refractivity contribution in [2.75, 3.05) is 18.5 Å². The number of H-pyrrole nitrogens is 1. The molecule has 0 aliphatic rings. The smallest absolute Gasteiger partial charge is 0.349 e. The fraction of sp³-hybridized carbons (Fsp3) is 0.250. The van der Waals surface area contributed by atoms with Crippen LogP contribution < -0.4 is 11.0 Å². The molecule has 0 aliphatic carbocycles. The van der Waals surface area contributed by atoms with E-state index in [1.54, 1.807) is 19.1 Å². The predicted octanol–water partition coefficient (Wildman–Crippen LogP) is 1.30. The van der Waals surface area contributed by atoms with Crippen LogP contribution in [0.3, 0.4) is 0 Å². The molecular weight excluding hydrogens is 328 g/mol. The van der Waals surface area contributed by atoms with Gasteiger partial charge in [-0.15, -0.1) is 5.10 Å². The fourth-order valence-electron chi connectivity index (χ4n) is 1.53. The lowest BCUT2D eigenvalue weighted by atomic mass is 10.3. The number of benzene rings is 1. The molecule has 1 aromatic heterocycles. The van der Waals surface area contributed by atoms with Gasteiger partial charge < -0.3 is 10.1 Å². The van der Waals surface area contributed by atoms with Gasteiger partial charge in [-0.25, -0.2) is 4.79 Å². The number of rotatable bonds is 5. The van der Waals surface area contributed by atoms with Gasteiger partial charge in [0.15, 0.2) is 0 Å². The number of carbonyl (C=O) groups excluding carboxylic acids is 1. The molecule has 0 radical (unpaired) electrons. The highest BCUT2D eigenvalue weighted by atomic mass is 79.9. The van der Waals surface area contributed by atoms with Gasteiger partial charge in [-0.05, 0) is 31.2 Å². The van der Waals surface area contributed by atoms with Crippen molar-refractivity contribution in [2.45, 2.75) is 6.92 Å². The zero-order chi connectivity index (χ0) is 14.5. The Balaban J connectivity index is 2.11. The van der Waals surface area contributed by atoms with E-state index in [9.17, 15) is 9.59 Å². The Morgan fingerprint density at radius 1 is 1.45 bits per heavy atom. The van der Waals surface area contributed by atoms with Crippen molar-refractivity contribution in [3.05, 3.63) is 39.2 Å². The summed E-state index contributed by atoms with van der Waals surface area (Å²) in [5.74, 6) is -0.197. The number of esters is 1. The van der Waals surface area contributed by atoms with Gasteiger partial charge in [0.25, 0.3) is 0 Å². The summed E-state index contributed by atoms with van der Waals surface area (Å²) in [7, 11) is 0. The number of nitrogens with one attached hydrogen (secondary N) is 2. The van der Waals surface area contributed by atoms with Gasteiger partial charge in [0, 0.05) is 4.47 Å². The standard InChI is InChI=1S/C12H13BrN4O3/c1-2-20-10(18)7-14-11-15-12(19)17(16-11)9-5-3-8(13)4-6-9/h3-6H,2,7H2,1H3,(H2,14,15,16,19). The second-order valence-corrected chi connectivity index (χ2v) is 4.74. The van der Waals surface area contributed by atoms with E-state index in [-0.39, 0.29) is 12.5 Å². The molecule has 2 rings (SSSR count). The molecule has 1 aromatic carbocycles. The van der Waals surface area contributed by atoms with Crippen LogP contribution >= 0.6 is 15.9 Å². The third kappa shape index (κ3) is 3.47. The van der Waals surface area contributed by atoms with E-state index in [2.05, 4.69) is 31.3 Å². The zero-order valence-corrected chi connectivity index (χ0v) is 12.3. The van der Waals surface area contributed by atoms with E-state index in [0.717, 1.165) is 4.47 Å². The second kappa shape index (κ2) is 6.38. The molecule has 1 heterocycles. The maximum Gasteiger partial charge on any atom is 0.349 e. The highest BCUT2D eigenvalue weighted by Gasteiger charge is 2.08. The van der Waals surface area contributed by atoms with Crippen LogP contribution in [-0.2, 0) is 9.53 Å². The molecule has 0 unspecified atom stereocenters. The lowest BCUT2D eigenvalue weighted by Crippen LogP contribution is -2.17. The maximum atomic E-state index is 11.8. The molecule has 2 aromatic rings. The zero-order valence-electron chi connectivity index (χ0n) is 10.7.